The van der Waals surface area contributed by atoms with Gasteiger partial charge in [-0.1, -0.05) is 16.9 Å². The van der Waals surface area contributed by atoms with Gasteiger partial charge in [-0.15, -0.1) is 9.52 Å². The maximum atomic E-state index is 9.22. The summed E-state index contributed by atoms with van der Waals surface area (Å²) >= 11 is 0. The Kier molecular flexibility index (Phi) is 5.70. The lowest BCUT2D eigenvalue weighted by molar-refractivity contribution is 0.174. The van der Waals surface area contributed by atoms with Crippen molar-refractivity contribution in [2.45, 2.75) is 10.7 Å². The molecule has 0 bridgehead atoms. The molecule has 112 valence electrons. The summed E-state index contributed by atoms with van der Waals surface area (Å²) in [5.41, 5.74) is 12.5. The SMILES string of the molecule is NC(CO)SS(=Cc1ccc2c(c1)OCO2)C(N)CO. The fourth-order valence-corrected chi connectivity index (χ4v) is 4.98. The summed E-state index contributed by atoms with van der Waals surface area (Å²) in [6.45, 7) is -0.0542. The molecule has 8 heteroatoms. The van der Waals surface area contributed by atoms with E-state index in [1.165, 1.54) is 10.8 Å². The summed E-state index contributed by atoms with van der Waals surface area (Å²) in [5, 5.41) is 19.3. The molecule has 1 aromatic rings. The van der Waals surface area contributed by atoms with Crippen molar-refractivity contribution in [1.29, 1.82) is 0 Å². The molecule has 0 spiro atoms. The molecule has 0 fully saturated rings. The first-order valence-electron chi connectivity index (χ1n) is 6.00. The molecule has 1 aromatic carbocycles. The lowest BCUT2D eigenvalue weighted by Crippen LogP contribution is -2.25. The number of rotatable bonds is 6. The molecule has 6 N–H and O–H groups in total. The zero-order valence-electron chi connectivity index (χ0n) is 10.8. The van der Waals surface area contributed by atoms with Crippen LogP contribution in [0.15, 0.2) is 18.2 Å². The van der Waals surface area contributed by atoms with E-state index >= 15 is 0 Å². The predicted molar refractivity (Wildman–Crippen MR) is 83.0 cm³/mol. The summed E-state index contributed by atoms with van der Waals surface area (Å²) < 4.78 is 10.6. The fourth-order valence-electron chi connectivity index (χ4n) is 1.55. The fraction of sp³-hybridized carbons (Fsp3) is 0.417. The van der Waals surface area contributed by atoms with Gasteiger partial charge in [0.05, 0.1) is 24.0 Å². The Morgan fingerprint density at radius 2 is 2.00 bits per heavy atom. The van der Waals surface area contributed by atoms with E-state index in [9.17, 15) is 5.11 Å². The van der Waals surface area contributed by atoms with Crippen LogP contribution in [0.5, 0.6) is 11.5 Å². The maximum Gasteiger partial charge on any atom is 0.231 e. The third-order valence-corrected chi connectivity index (χ3v) is 6.85. The molecule has 0 aliphatic carbocycles. The second kappa shape index (κ2) is 7.30. The molecule has 1 aliphatic heterocycles. The number of hydrogen-bond donors (Lipinski definition) is 4. The standard InChI is InChI=1S/C12H18N2O4S2/c13-11(4-15)19-20(12(14)5-16)6-8-1-2-9-10(3-8)18-7-17-9/h1-3,6,11-12,15-16H,4-5,7,13-14H2. The number of nitrogens with two attached hydrogens (primary N) is 2. The van der Waals surface area contributed by atoms with Crippen LogP contribution in [0.2, 0.25) is 0 Å². The Hall–Kier alpha value is -0.770. The largest absolute Gasteiger partial charge is 0.454 e. The Morgan fingerprint density at radius 3 is 2.70 bits per heavy atom. The van der Waals surface area contributed by atoms with E-state index in [1.54, 1.807) is 0 Å². The summed E-state index contributed by atoms with van der Waals surface area (Å²) in [4.78, 5) is 0. The first-order chi connectivity index (χ1) is 9.63. The Balaban J connectivity index is 2.22. The lowest BCUT2D eigenvalue weighted by Gasteiger charge is -2.18. The summed E-state index contributed by atoms with van der Waals surface area (Å²) in [7, 11) is 0.840. The van der Waals surface area contributed by atoms with Crippen LogP contribution in [-0.2, 0) is 0 Å². The number of aliphatic hydroxyl groups is 2. The second-order valence-corrected chi connectivity index (χ2v) is 8.13. The van der Waals surface area contributed by atoms with Gasteiger partial charge in [-0.05, 0) is 23.1 Å². The molecule has 0 amide bonds. The van der Waals surface area contributed by atoms with E-state index < -0.39 is 20.3 Å². The van der Waals surface area contributed by atoms with Crippen LogP contribution < -0.4 is 20.9 Å². The van der Waals surface area contributed by atoms with Crippen molar-refractivity contribution in [3.05, 3.63) is 23.8 Å². The van der Waals surface area contributed by atoms with Crippen molar-refractivity contribution in [3.8, 4) is 11.5 Å². The molecule has 6 nitrogen and oxygen atoms in total. The van der Waals surface area contributed by atoms with Gasteiger partial charge in [0.25, 0.3) is 0 Å². The number of aliphatic hydroxyl groups excluding tert-OH is 2. The van der Waals surface area contributed by atoms with Gasteiger partial charge in [0.2, 0.25) is 6.79 Å². The number of fused-ring (bicyclic) bond motifs is 1. The van der Waals surface area contributed by atoms with E-state index in [0.29, 0.717) is 11.5 Å². The minimum Gasteiger partial charge on any atom is -0.454 e. The number of ether oxygens (including phenoxy) is 2. The normalized spacial score (nSPS) is 18.0. The van der Waals surface area contributed by atoms with E-state index in [4.69, 9.17) is 26.0 Å². The van der Waals surface area contributed by atoms with Gasteiger partial charge in [-0.3, -0.25) is 0 Å². The maximum absolute atomic E-state index is 9.22. The molecule has 2 rings (SSSR count). The molecule has 3 unspecified atom stereocenters. The highest BCUT2D eigenvalue weighted by atomic mass is 33.1. The minimum absolute atomic E-state index is 0.138. The molecule has 0 radical (unpaired) electrons. The first kappa shape index (κ1) is 15.6. The monoisotopic (exact) mass is 318 g/mol. The van der Waals surface area contributed by atoms with Gasteiger partial charge >= 0.3 is 0 Å². The quantitative estimate of drug-likeness (QED) is 0.333. The van der Waals surface area contributed by atoms with Crippen molar-refractivity contribution < 1.29 is 19.7 Å². The first-order valence-corrected chi connectivity index (χ1v) is 8.75. The van der Waals surface area contributed by atoms with Crippen molar-refractivity contribution in [1.82, 2.24) is 0 Å². The van der Waals surface area contributed by atoms with Crippen molar-refractivity contribution >= 4 is 25.7 Å². The van der Waals surface area contributed by atoms with Gasteiger partial charge in [0.15, 0.2) is 11.5 Å². The lowest BCUT2D eigenvalue weighted by atomic mass is 10.2. The average Bonchev–Trinajstić information content (AvgIpc) is 2.93. The second-order valence-electron chi connectivity index (χ2n) is 4.10. The molecule has 0 aromatic heterocycles. The summed E-state index contributed by atoms with van der Waals surface area (Å²) in [5.74, 6) is 1.41. The van der Waals surface area contributed by atoms with Gasteiger partial charge in [0.1, 0.15) is 0 Å². The van der Waals surface area contributed by atoms with Gasteiger partial charge < -0.3 is 31.2 Å². The van der Waals surface area contributed by atoms with E-state index in [-0.39, 0.29) is 20.0 Å². The van der Waals surface area contributed by atoms with E-state index in [2.05, 4.69) is 0 Å². The third kappa shape index (κ3) is 3.87. The topological polar surface area (TPSA) is 111 Å². The van der Waals surface area contributed by atoms with E-state index in [1.807, 2.05) is 23.6 Å². The van der Waals surface area contributed by atoms with Crippen LogP contribution in [0.1, 0.15) is 5.56 Å². The smallest absolute Gasteiger partial charge is 0.231 e. The molecular weight excluding hydrogens is 300 g/mol. The van der Waals surface area contributed by atoms with Gasteiger partial charge in [-0.25, -0.2) is 0 Å². The molecule has 3 atom stereocenters. The van der Waals surface area contributed by atoms with Crippen LogP contribution in [0.4, 0.5) is 0 Å². The summed E-state index contributed by atoms with van der Waals surface area (Å²) in [6.07, 6.45) is 0. The van der Waals surface area contributed by atoms with Crippen LogP contribution in [0.25, 0.3) is 0 Å². The summed E-state index contributed by atoms with van der Waals surface area (Å²) in [6, 6.07) is 5.58. The molecule has 1 heterocycles. The van der Waals surface area contributed by atoms with Crippen molar-refractivity contribution in [2.75, 3.05) is 20.0 Å². The van der Waals surface area contributed by atoms with Crippen molar-refractivity contribution in [2.24, 2.45) is 11.5 Å². The zero-order valence-corrected chi connectivity index (χ0v) is 12.4. The number of hydrogen-bond acceptors (Lipinski definition) is 7. The molecule has 20 heavy (non-hydrogen) atoms. The van der Waals surface area contributed by atoms with Gasteiger partial charge in [0, 0.05) is 0 Å². The highest BCUT2D eigenvalue weighted by molar-refractivity contribution is 8.84. The highest BCUT2D eigenvalue weighted by Crippen LogP contribution is 2.37. The highest BCUT2D eigenvalue weighted by Gasteiger charge is 2.15. The molecule has 0 saturated heterocycles. The minimum atomic E-state index is -0.509. The predicted octanol–water partition coefficient (Wildman–Crippen LogP) is 0.0369. The van der Waals surface area contributed by atoms with Crippen molar-refractivity contribution in [3.63, 3.8) is 0 Å². The zero-order chi connectivity index (χ0) is 14.5. The van der Waals surface area contributed by atoms with E-state index in [0.717, 1.165) is 5.56 Å². The van der Waals surface area contributed by atoms with Crippen LogP contribution >= 0.6 is 20.3 Å². The van der Waals surface area contributed by atoms with Gasteiger partial charge in [-0.2, -0.15) is 0 Å². The Labute approximate surface area is 123 Å². The number of benzene rings is 1. The Morgan fingerprint density at radius 1 is 1.25 bits per heavy atom. The molecule has 0 saturated carbocycles. The molecule has 1 aliphatic rings. The van der Waals surface area contributed by atoms with Crippen LogP contribution in [0, 0.1) is 0 Å². The van der Waals surface area contributed by atoms with Crippen LogP contribution in [0.3, 0.4) is 0 Å². The third-order valence-electron chi connectivity index (χ3n) is 2.54. The van der Waals surface area contributed by atoms with Crippen LogP contribution in [-0.4, -0.2) is 46.3 Å². The Bertz CT molecular complexity index is 498. The molecular formula is C12H18N2O4S2. The average molecular weight is 318 g/mol.